The van der Waals surface area contributed by atoms with Crippen molar-refractivity contribution in [3.63, 3.8) is 0 Å². The van der Waals surface area contributed by atoms with Gasteiger partial charge < -0.3 is 19.6 Å². The van der Waals surface area contributed by atoms with Crippen LogP contribution in [0.25, 0.3) is 11.0 Å². The van der Waals surface area contributed by atoms with E-state index in [2.05, 4.69) is 10.1 Å². The van der Waals surface area contributed by atoms with Gasteiger partial charge in [0, 0.05) is 23.2 Å². The van der Waals surface area contributed by atoms with Gasteiger partial charge >= 0.3 is 12.3 Å². The molecule has 0 radical (unpaired) electrons. The van der Waals surface area contributed by atoms with E-state index in [1.165, 1.54) is 18.2 Å². The Hall–Kier alpha value is -2.94. The van der Waals surface area contributed by atoms with Crippen molar-refractivity contribution in [1.29, 1.82) is 0 Å². The van der Waals surface area contributed by atoms with Crippen LogP contribution < -0.4 is 10.1 Å². The molecule has 10 heteroatoms. The maximum absolute atomic E-state index is 13.5. The normalized spacial score (nSPS) is 11.6. The molecule has 0 unspecified atom stereocenters. The maximum Gasteiger partial charge on any atom is 0.573 e. The standard InChI is InChI=1S/C17H10ClF4NO4/c18-12-6-9(2-4-14(12)27-17(20,21)22)23-7-11-10-5-8(19)1-3-13(10)26-15(11)16(24)25/h1-6,23H,7H2,(H,24,25). The molecule has 0 bridgehead atoms. The number of hydrogen-bond donors (Lipinski definition) is 2. The van der Waals surface area contributed by atoms with E-state index in [4.69, 9.17) is 16.0 Å². The van der Waals surface area contributed by atoms with E-state index in [0.29, 0.717) is 5.69 Å². The summed E-state index contributed by atoms with van der Waals surface area (Å²) in [5.41, 5.74) is 0.679. The monoisotopic (exact) mass is 403 g/mol. The lowest BCUT2D eigenvalue weighted by atomic mass is 10.1. The van der Waals surface area contributed by atoms with Crippen LogP contribution in [0.15, 0.2) is 40.8 Å². The molecule has 1 heterocycles. The highest BCUT2D eigenvalue weighted by molar-refractivity contribution is 6.32. The summed E-state index contributed by atoms with van der Waals surface area (Å²) in [5, 5.41) is 12.1. The number of hydrogen-bond acceptors (Lipinski definition) is 4. The topological polar surface area (TPSA) is 71.7 Å². The van der Waals surface area contributed by atoms with E-state index in [0.717, 1.165) is 18.2 Å². The minimum Gasteiger partial charge on any atom is -0.475 e. The second kappa shape index (κ2) is 6.99. The zero-order valence-electron chi connectivity index (χ0n) is 13.2. The van der Waals surface area contributed by atoms with Crippen LogP contribution >= 0.6 is 11.6 Å². The largest absolute Gasteiger partial charge is 0.573 e. The van der Waals surface area contributed by atoms with Crippen molar-refractivity contribution in [1.82, 2.24) is 0 Å². The molecule has 0 fully saturated rings. The van der Waals surface area contributed by atoms with Crippen molar-refractivity contribution in [3.05, 3.63) is 58.6 Å². The SMILES string of the molecule is O=C(O)c1oc2ccc(F)cc2c1CNc1ccc(OC(F)(F)F)c(Cl)c1. The summed E-state index contributed by atoms with van der Waals surface area (Å²) in [6.45, 7) is -0.0894. The summed E-state index contributed by atoms with van der Waals surface area (Å²) in [5.74, 6) is -2.85. The summed E-state index contributed by atoms with van der Waals surface area (Å²) in [4.78, 5) is 11.4. The molecular weight excluding hydrogens is 394 g/mol. The third-order valence-electron chi connectivity index (χ3n) is 3.57. The second-order valence-electron chi connectivity index (χ2n) is 5.40. The number of carboxylic acid groups (broad SMARTS) is 1. The Kier molecular flexibility index (Phi) is 4.88. The minimum atomic E-state index is -4.88. The summed E-state index contributed by atoms with van der Waals surface area (Å²) in [7, 11) is 0. The number of nitrogens with one attached hydrogen (secondary N) is 1. The Bertz CT molecular complexity index is 1020. The fourth-order valence-electron chi connectivity index (χ4n) is 2.48. The molecule has 0 aliphatic carbocycles. The Balaban J connectivity index is 1.86. The molecule has 0 aliphatic rings. The summed E-state index contributed by atoms with van der Waals surface area (Å²) in [6.07, 6.45) is -4.88. The lowest BCUT2D eigenvalue weighted by Gasteiger charge is -2.12. The van der Waals surface area contributed by atoms with E-state index >= 15 is 0 Å². The molecule has 3 aromatic rings. The Morgan fingerprint density at radius 1 is 1.22 bits per heavy atom. The van der Waals surface area contributed by atoms with Crippen LogP contribution in [0.4, 0.5) is 23.2 Å². The first-order chi connectivity index (χ1) is 12.6. The van der Waals surface area contributed by atoms with Crippen molar-refractivity contribution in [3.8, 4) is 5.75 Å². The predicted octanol–water partition coefficient (Wildman–Crippen LogP) is 5.43. The van der Waals surface area contributed by atoms with Gasteiger partial charge in [-0.05, 0) is 36.4 Å². The van der Waals surface area contributed by atoms with E-state index in [1.807, 2.05) is 0 Å². The highest BCUT2D eigenvalue weighted by Gasteiger charge is 2.32. The molecule has 142 valence electrons. The zero-order chi connectivity index (χ0) is 19.8. The van der Waals surface area contributed by atoms with Gasteiger partial charge in [-0.3, -0.25) is 0 Å². The number of carbonyl (C=O) groups is 1. The smallest absolute Gasteiger partial charge is 0.475 e. The number of fused-ring (bicyclic) bond motifs is 1. The van der Waals surface area contributed by atoms with Crippen LogP contribution in [0.1, 0.15) is 16.1 Å². The number of aromatic carboxylic acids is 1. The van der Waals surface area contributed by atoms with Crippen molar-refractivity contribution in [2.24, 2.45) is 0 Å². The molecule has 0 saturated carbocycles. The lowest BCUT2D eigenvalue weighted by Crippen LogP contribution is -2.17. The quantitative estimate of drug-likeness (QED) is 0.555. The molecule has 0 amide bonds. The van der Waals surface area contributed by atoms with Crippen LogP contribution in [-0.2, 0) is 6.54 Å². The molecule has 5 nitrogen and oxygen atoms in total. The van der Waals surface area contributed by atoms with Crippen molar-refractivity contribution in [2.75, 3.05) is 5.32 Å². The van der Waals surface area contributed by atoms with Gasteiger partial charge in [-0.25, -0.2) is 9.18 Å². The Labute approximate surface area is 154 Å². The molecule has 0 saturated heterocycles. The van der Waals surface area contributed by atoms with Crippen molar-refractivity contribution in [2.45, 2.75) is 12.9 Å². The van der Waals surface area contributed by atoms with Gasteiger partial charge in [-0.15, -0.1) is 13.2 Å². The fourth-order valence-corrected chi connectivity index (χ4v) is 2.70. The molecule has 3 rings (SSSR count). The molecule has 2 aromatic carbocycles. The number of furan rings is 1. The number of alkyl halides is 3. The second-order valence-corrected chi connectivity index (χ2v) is 5.81. The first kappa shape index (κ1) is 18.8. The van der Waals surface area contributed by atoms with Gasteiger partial charge in [0.1, 0.15) is 17.1 Å². The number of halogens is 5. The zero-order valence-corrected chi connectivity index (χ0v) is 14.0. The first-order valence-electron chi connectivity index (χ1n) is 7.37. The number of carboxylic acids is 1. The van der Waals surface area contributed by atoms with E-state index in [-0.39, 0.29) is 33.9 Å². The number of ether oxygens (including phenoxy) is 1. The maximum atomic E-state index is 13.5. The first-order valence-corrected chi connectivity index (χ1v) is 7.75. The van der Waals surface area contributed by atoms with Gasteiger partial charge in [0.2, 0.25) is 5.76 Å². The summed E-state index contributed by atoms with van der Waals surface area (Å²) < 4.78 is 59.3. The highest BCUT2D eigenvalue weighted by Crippen LogP contribution is 2.33. The molecule has 0 aliphatic heterocycles. The van der Waals surface area contributed by atoms with Crippen molar-refractivity contribution < 1.29 is 36.6 Å². The van der Waals surface area contributed by atoms with Crippen LogP contribution in [0, 0.1) is 5.82 Å². The Morgan fingerprint density at radius 2 is 1.96 bits per heavy atom. The molecule has 2 N–H and O–H groups in total. The van der Waals surface area contributed by atoms with Gasteiger partial charge in [0.25, 0.3) is 0 Å². The average molecular weight is 404 g/mol. The summed E-state index contributed by atoms with van der Waals surface area (Å²) in [6, 6.07) is 7.05. The highest BCUT2D eigenvalue weighted by atomic mass is 35.5. The van der Waals surface area contributed by atoms with Gasteiger partial charge in [0.05, 0.1) is 5.02 Å². The van der Waals surface area contributed by atoms with E-state index in [9.17, 15) is 27.5 Å². The molecular formula is C17H10ClF4NO4. The van der Waals surface area contributed by atoms with Crippen LogP contribution in [0.5, 0.6) is 5.75 Å². The molecule has 0 spiro atoms. The minimum absolute atomic E-state index is 0.0894. The van der Waals surface area contributed by atoms with Gasteiger partial charge in [-0.1, -0.05) is 11.6 Å². The van der Waals surface area contributed by atoms with Crippen LogP contribution in [-0.4, -0.2) is 17.4 Å². The number of anilines is 1. The van der Waals surface area contributed by atoms with Crippen LogP contribution in [0.2, 0.25) is 5.02 Å². The number of rotatable bonds is 5. The van der Waals surface area contributed by atoms with Crippen molar-refractivity contribution >= 4 is 34.2 Å². The van der Waals surface area contributed by atoms with Crippen LogP contribution in [0.3, 0.4) is 0 Å². The fraction of sp³-hybridized carbons (Fsp3) is 0.118. The average Bonchev–Trinajstić information content (AvgIpc) is 2.92. The lowest BCUT2D eigenvalue weighted by molar-refractivity contribution is -0.274. The Morgan fingerprint density at radius 3 is 2.59 bits per heavy atom. The third kappa shape index (κ3) is 4.25. The third-order valence-corrected chi connectivity index (χ3v) is 3.87. The van der Waals surface area contributed by atoms with E-state index < -0.39 is 23.9 Å². The number of benzene rings is 2. The predicted molar refractivity (Wildman–Crippen MR) is 88.6 cm³/mol. The summed E-state index contributed by atoms with van der Waals surface area (Å²) >= 11 is 5.77. The van der Waals surface area contributed by atoms with E-state index in [1.54, 1.807) is 0 Å². The van der Waals surface area contributed by atoms with Gasteiger partial charge in [0.15, 0.2) is 0 Å². The molecule has 27 heavy (non-hydrogen) atoms. The van der Waals surface area contributed by atoms with Gasteiger partial charge in [-0.2, -0.15) is 0 Å². The molecule has 0 atom stereocenters. The molecule has 1 aromatic heterocycles.